The van der Waals surface area contributed by atoms with Crippen molar-refractivity contribution >= 4 is 12.0 Å². The predicted molar refractivity (Wildman–Crippen MR) is 83.1 cm³/mol. The van der Waals surface area contributed by atoms with Gasteiger partial charge in [-0.2, -0.15) is 0 Å². The molecule has 0 aromatic heterocycles. The van der Waals surface area contributed by atoms with Crippen molar-refractivity contribution in [1.29, 1.82) is 0 Å². The topological polar surface area (TPSA) is 49.8 Å². The quantitative estimate of drug-likeness (QED) is 0.866. The number of ether oxygens (including phenoxy) is 1. The third-order valence-corrected chi connectivity index (χ3v) is 3.78. The first-order chi connectivity index (χ1) is 10.0. The van der Waals surface area contributed by atoms with Gasteiger partial charge < -0.3 is 14.7 Å². The van der Waals surface area contributed by atoms with E-state index < -0.39 is 5.60 Å². The summed E-state index contributed by atoms with van der Waals surface area (Å²) in [5.41, 5.74) is 0.263. The molecule has 1 aliphatic rings. The maximum atomic E-state index is 12.2. The molecule has 114 valence electrons. The fourth-order valence-corrected chi connectivity index (χ4v) is 2.38. The van der Waals surface area contributed by atoms with Crippen LogP contribution in [0.2, 0.25) is 0 Å². The van der Waals surface area contributed by atoms with E-state index >= 15 is 0 Å². The van der Waals surface area contributed by atoms with E-state index in [4.69, 9.17) is 4.74 Å². The van der Waals surface area contributed by atoms with Crippen LogP contribution in [0.25, 0.3) is 6.08 Å². The van der Waals surface area contributed by atoms with Crippen LogP contribution in [0.5, 0.6) is 5.75 Å². The lowest BCUT2D eigenvalue weighted by Gasteiger charge is -2.35. The largest absolute Gasteiger partial charge is 0.493 e. The number of likely N-dealkylation sites (tertiary alicyclic amines) is 1. The highest BCUT2D eigenvalue weighted by Gasteiger charge is 2.28. The molecule has 1 aromatic rings. The minimum absolute atomic E-state index is 0.0169. The highest BCUT2D eigenvalue weighted by atomic mass is 16.5. The van der Waals surface area contributed by atoms with E-state index in [9.17, 15) is 9.90 Å². The van der Waals surface area contributed by atoms with Crippen LogP contribution in [0, 0.1) is 0 Å². The monoisotopic (exact) mass is 289 g/mol. The summed E-state index contributed by atoms with van der Waals surface area (Å²) in [5.74, 6) is 0.766. The molecule has 0 aliphatic carbocycles. The number of amides is 1. The highest BCUT2D eigenvalue weighted by molar-refractivity contribution is 5.92. The zero-order chi connectivity index (χ0) is 15.3. The van der Waals surface area contributed by atoms with Crippen molar-refractivity contribution in [3.63, 3.8) is 0 Å². The number of benzene rings is 1. The van der Waals surface area contributed by atoms with Crippen molar-refractivity contribution in [1.82, 2.24) is 4.90 Å². The Morgan fingerprint density at radius 3 is 2.71 bits per heavy atom. The standard InChI is InChI=1S/C17H23NO3/c1-3-21-15-7-5-4-6-14(15)8-9-16(19)18-12-10-17(2,20)11-13-18/h4-9,20H,3,10-13H2,1-2H3/b9-8+. The Kier molecular flexibility index (Phi) is 5.02. The van der Waals surface area contributed by atoms with Gasteiger partial charge in [-0.1, -0.05) is 18.2 Å². The van der Waals surface area contributed by atoms with E-state index in [0.29, 0.717) is 32.5 Å². The van der Waals surface area contributed by atoms with Gasteiger partial charge in [-0.15, -0.1) is 0 Å². The number of hydrogen-bond acceptors (Lipinski definition) is 3. The first kappa shape index (κ1) is 15.6. The van der Waals surface area contributed by atoms with E-state index in [1.165, 1.54) is 0 Å². The van der Waals surface area contributed by atoms with E-state index in [1.54, 1.807) is 17.1 Å². The third kappa shape index (κ3) is 4.33. The summed E-state index contributed by atoms with van der Waals surface area (Å²) < 4.78 is 5.53. The van der Waals surface area contributed by atoms with Gasteiger partial charge in [0.15, 0.2) is 0 Å². The molecule has 0 radical (unpaired) electrons. The van der Waals surface area contributed by atoms with Crippen LogP contribution in [-0.4, -0.2) is 41.2 Å². The summed E-state index contributed by atoms with van der Waals surface area (Å²) in [6, 6.07) is 7.66. The molecule has 4 nitrogen and oxygen atoms in total. The number of piperidine rings is 1. The van der Waals surface area contributed by atoms with Crippen molar-refractivity contribution in [2.24, 2.45) is 0 Å². The zero-order valence-corrected chi connectivity index (χ0v) is 12.7. The number of carbonyl (C=O) groups excluding carboxylic acids is 1. The molecule has 1 heterocycles. The molecule has 0 bridgehead atoms. The molecule has 1 saturated heterocycles. The fourth-order valence-electron chi connectivity index (χ4n) is 2.38. The summed E-state index contributed by atoms with van der Waals surface area (Å²) >= 11 is 0. The molecule has 1 fully saturated rings. The molecule has 1 aliphatic heterocycles. The van der Waals surface area contributed by atoms with Gasteiger partial charge in [-0.05, 0) is 38.8 Å². The number of carbonyl (C=O) groups is 1. The van der Waals surface area contributed by atoms with Crippen molar-refractivity contribution in [3.8, 4) is 5.75 Å². The number of nitrogens with zero attached hydrogens (tertiary/aromatic N) is 1. The second-order valence-corrected chi connectivity index (χ2v) is 5.63. The van der Waals surface area contributed by atoms with E-state index in [1.807, 2.05) is 38.1 Å². The van der Waals surface area contributed by atoms with E-state index in [0.717, 1.165) is 11.3 Å². The molecule has 1 N–H and O–H groups in total. The maximum Gasteiger partial charge on any atom is 0.246 e. The molecule has 0 saturated carbocycles. The Morgan fingerprint density at radius 1 is 1.38 bits per heavy atom. The fraction of sp³-hybridized carbons (Fsp3) is 0.471. The zero-order valence-electron chi connectivity index (χ0n) is 12.7. The summed E-state index contributed by atoms with van der Waals surface area (Å²) in [6.45, 7) is 5.56. The van der Waals surface area contributed by atoms with Gasteiger partial charge in [-0.3, -0.25) is 4.79 Å². The second-order valence-electron chi connectivity index (χ2n) is 5.63. The third-order valence-electron chi connectivity index (χ3n) is 3.78. The van der Waals surface area contributed by atoms with Gasteiger partial charge in [0, 0.05) is 24.7 Å². The SMILES string of the molecule is CCOc1ccccc1/C=C/C(=O)N1CCC(C)(O)CC1. The van der Waals surface area contributed by atoms with Crippen molar-refractivity contribution in [2.45, 2.75) is 32.3 Å². The minimum atomic E-state index is -0.637. The van der Waals surface area contributed by atoms with Crippen LogP contribution in [0.1, 0.15) is 32.3 Å². The van der Waals surface area contributed by atoms with Gasteiger partial charge in [-0.25, -0.2) is 0 Å². The molecule has 4 heteroatoms. The highest BCUT2D eigenvalue weighted by Crippen LogP contribution is 2.22. The van der Waals surface area contributed by atoms with Gasteiger partial charge in [0.2, 0.25) is 5.91 Å². The van der Waals surface area contributed by atoms with Crippen LogP contribution < -0.4 is 4.74 Å². The minimum Gasteiger partial charge on any atom is -0.493 e. The molecule has 21 heavy (non-hydrogen) atoms. The van der Waals surface area contributed by atoms with Crippen LogP contribution in [0.3, 0.4) is 0 Å². The van der Waals surface area contributed by atoms with Gasteiger partial charge >= 0.3 is 0 Å². The van der Waals surface area contributed by atoms with E-state index in [-0.39, 0.29) is 5.91 Å². The van der Waals surface area contributed by atoms with Crippen molar-refractivity contribution in [2.75, 3.05) is 19.7 Å². The molecule has 0 spiro atoms. The summed E-state index contributed by atoms with van der Waals surface area (Å²) in [4.78, 5) is 13.9. The van der Waals surface area contributed by atoms with Crippen LogP contribution in [-0.2, 0) is 4.79 Å². The van der Waals surface area contributed by atoms with E-state index in [2.05, 4.69) is 0 Å². The second kappa shape index (κ2) is 6.76. The Morgan fingerprint density at radius 2 is 2.05 bits per heavy atom. The van der Waals surface area contributed by atoms with Crippen LogP contribution in [0.4, 0.5) is 0 Å². The molecular formula is C17H23NO3. The van der Waals surface area contributed by atoms with Crippen molar-refractivity contribution in [3.05, 3.63) is 35.9 Å². The lowest BCUT2D eigenvalue weighted by atomic mass is 9.94. The Labute approximate surface area is 126 Å². The van der Waals surface area contributed by atoms with Crippen molar-refractivity contribution < 1.29 is 14.6 Å². The smallest absolute Gasteiger partial charge is 0.246 e. The van der Waals surface area contributed by atoms with Crippen LogP contribution in [0.15, 0.2) is 30.3 Å². The molecular weight excluding hydrogens is 266 g/mol. The summed E-state index contributed by atoms with van der Waals surface area (Å²) in [7, 11) is 0. The predicted octanol–water partition coefficient (Wildman–Crippen LogP) is 2.47. The number of hydrogen-bond donors (Lipinski definition) is 1. The molecule has 0 atom stereocenters. The number of rotatable bonds is 4. The summed E-state index contributed by atoms with van der Waals surface area (Å²) in [5, 5.41) is 9.90. The lowest BCUT2D eigenvalue weighted by Crippen LogP contribution is -2.44. The molecule has 1 aromatic carbocycles. The van der Waals surface area contributed by atoms with Gasteiger partial charge in [0.1, 0.15) is 5.75 Å². The average Bonchev–Trinajstić information content (AvgIpc) is 2.46. The molecule has 2 rings (SSSR count). The Bertz CT molecular complexity index is 513. The van der Waals surface area contributed by atoms with Crippen LogP contribution >= 0.6 is 0 Å². The average molecular weight is 289 g/mol. The molecule has 0 unspecified atom stereocenters. The first-order valence-electron chi connectivity index (χ1n) is 7.43. The first-order valence-corrected chi connectivity index (χ1v) is 7.43. The normalized spacial score (nSPS) is 18.0. The molecule has 1 amide bonds. The Hall–Kier alpha value is -1.81. The Balaban J connectivity index is 1.99. The lowest BCUT2D eigenvalue weighted by molar-refractivity contribution is -0.129. The van der Waals surface area contributed by atoms with Gasteiger partial charge in [0.05, 0.1) is 12.2 Å². The number of aliphatic hydroxyl groups is 1. The van der Waals surface area contributed by atoms with Gasteiger partial charge in [0.25, 0.3) is 0 Å². The maximum absolute atomic E-state index is 12.2. The number of para-hydroxylation sites is 1. The summed E-state index contributed by atoms with van der Waals surface area (Å²) in [6.07, 6.45) is 4.63.